The van der Waals surface area contributed by atoms with Crippen LogP contribution in [0.15, 0.2) is 58.3 Å². The summed E-state index contributed by atoms with van der Waals surface area (Å²) in [6.07, 6.45) is 0. The summed E-state index contributed by atoms with van der Waals surface area (Å²) >= 11 is 0. The Hall–Kier alpha value is -2.18. The highest BCUT2D eigenvalue weighted by molar-refractivity contribution is 7.89. The number of hydrogen-bond acceptors (Lipinski definition) is 7. The minimum atomic E-state index is -3.62. The third kappa shape index (κ3) is 6.67. The van der Waals surface area contributed by atoms with Gasteiger partial charge in [0.05, 0.1) is 23.0 Å². The molecule has 0 spiro atoms. The van der Waals surface area contributed by atoms with Crippen molar-refractivity contribution in [3.63, 3.8) is 0 Å². The van der Waals surface area contributed by atoms with Crippen molar-refractivity contribution in [2.24, 2.45) is 0 Å². The highest BCUT2D eigenvalue weighted by Crippen LogP contribution is 2.21. The number of nitrogens with one attached hydrogen (secondary N) is 1. The van der Waals surface area contributed by atoms with E-state index in [1.165, 1.54) is 16.4 Å². The summed E-state index contributed by atoms with van der Waals surface area (Å²) in [5.41, 5.74) is 0. The van der Waals surface area contributed by atoms with Gasteiger partial charge in [-0.15, -0.1) is 0 Å². The van der Waals surface area contributed by atoms with Crippen LogP contribution in [0.4, 0.5) is 0 Å². The van der Waals surface area contributed by atoms with Crippen molar-refractivity contribution in [1.82, 2.24) is 13.9 Å². The van der Waals surface area contributed by atoms with Crippen molar-refractivity contribution in [2.45, 2.75) is 23.6 Å². The number of ether oxygens (including phenoxy) is 2. The van der Waals surface area contributed by atoms with Crippen LogP contribution >= 0.6 is 0 Å². The fourth-order valence-electron chi connectivity index (χ4n) is 3.52. The molecule has 0 radical (unpaired) electrons. The Labute approximate surface area is 196 Å². The van der Waals surface area contributed by atoms with Crippen LogP contribution in [0.2, 0.25) is 0 Å². The number of sulfonamides is 2. The third-order valence-corrected chi connectivity index (χ3v) is 8.66. The van der Waals surface area contributed by atoms with Gasteiger partial charge in [0.1, 0.15) is 11.5 Å². The lowest BCUT2D eigenvalue weighted by Crippen LogP contribution is -2.50. The Bertz CT molecular complexity index is 1090. The molecule has 11 heteroatoms. The zero-order chi connectivity index (χ0) is 23.9. The first kappa shape index (κ1) is 25.4. The lowest BCUT2D eigenvalue weighted by atomic mass is 10.3. The second-order valence-electron chi connectivity index (χ2n) is 7.45. The molecule has 0 aromatic heterocycles. The molecule has 0 amide bonds. The standard InChI is InChI=1S/C22H31N3O6S2/c1-3-30-19-5-9-21(10-6-19)32(26,27)23-13-14-24-15-17-25(18-16-24)33(28,29)22-11-7-20(8-12-22)31-4-2/h5-12,23H,3-4,13-18H2,1-2H3. The van der Waals surface area contributed by atoms with E-state index in [-0.39, 0.29) is 16.3 Å². The van der Waals surface area contributed by atoms with E-state index in [1.807, 2.05) is 18.7 Å². The maximum absolute atomic E-state index is 12.9. The van der Waals surface area contributed by atoms with Crippen molar-refractivity contribution < 1.29 is 26.3 Å². The molecule has 0 atom stereocenters. The van der Waals surface area contributed by atoms with Gasteiger partial charge in [-0.3, -0.25) is 4.90 Å². The van der Waals surface area contributed by atoms with E-state index in [0.717, 1.165) is 0 Å². The Morgan fingerprint density at radius 1 is 0.758 bits per heavy atom. The second-order valence-corrected chi connectivity index (χ2v) is 11.2. The van der Waals surface area contributed by atoms with E-state index in [1.54, 1.807) is 36.4 Å². The van der Waals surface area contributed by atoms with Crippen LogP contribution in [0.3, 0.4) is 0 Å². The number of nitrogens with zero attached hydrogens (tertiary/aromatic N) is 2. The molecule has 0 saturated carbocycles. The van der Waals surface area contributed by atoms with Gasteiger partial charge in [0.2, 0.25) is 20.0 Å². The fourth-order valence-corrected chi connectivity index (χ4v) is 5.96. The molecule has 0 aliphatic carbocycles. The van der Waals surface area contributed by atoms with Gasteiger partial charge >= 0.3 is 0 Å². The minimum Gasteiger partial charge on any atom is -0.494 e. The molecule has 1 N–H and O–H groups in total. The third-order valence-electron chi connectivity index (χ3n) is 5.27. The summed E-state index contributed by atoms with van der Waals surface area (Å²) in [5.74, 6) is 1.25. The molecule has 33 heavy (non-hydrogen) atoms. The normalized spacial score (nSPS) is 15.9. The summed E-state index contributed by atoms with van der Waals surface area (Å²) in [6, 6.07) is 12.7. The van der Waals surface area contributed by atoms with E-state index in [9.17, 15) is 16.8 Å². The van der Waals surface area contributed by atoms with Crippen LogP contribution in [0.1, 0.15) is 13.8 Å². The Morgan fingerprint density at radius 3 is 1.73 bits per heavy atom. The molecule has 0 unspecified atom stereocenters. The molecule has 9 nitrogen and oxygen atoms in total. The van der Waals surface area contributed by atoms with Gasteiger partial charge < -0.3 is 9.47 Å². The Balaban J connectivity index is 1.48. The monoisotopic (exact) mass is 497 g/mol. The summed E-state index contributed by atoms with van der Waals surface area (Å²) in [4.78, 5) is 2.46. The molecular weight excluding hydrogens is 466 g/mol. The predicted octanol–water partition coefficient (Wildman–Crippen LogP) is 1.77. The van der Waals surface area contributed by atoms with Gasteiger partial charge in [-0.25, -0.2) is 21.6 Å². The fraction of sp³-hybridized carbons (Fsp3) is 0.455. The summed E-state index contributed by atoms with van der Waals surface area (Å²) in [7, 11) is -7.19. The van der Waals surface area contributed by atoms with Crippen molar-refractivity contribution >= 4 is 20.0 Å². The van der Waals surface area contributed by atoms with Crippen molar-refractivity contribution in [3.8, 4) is 11.5 Å². The molecule has 182 valence electrons. The largest absolute Gasteiger partial charge is 0.494 e. The molecule has 1 aliphatic heterocycles. The van der Waals surface area contributed by atoms with E-state index in [0.29, 0.717) is 57.4 Å². The molecule has 0 bridgehead atoms. The van der Waals surface area contributed by atoms with E-state index in [4.69, 9.17) is 9.47 Å². The smallest absolute Gasteiger partial charge is 0.243 e. The zero-order valence-corrected chi connectivity index (χ0v) is 20.6. The van der Waals surface area contributed by atoms with Gasteiger partial charge in [-0.1, -0.05) is 0 Å². The number of rotatable bonds is 11. The SMILES string of the molecule is CCOc1ccc(S(=O)(=O)NCCN2CCN(S(=O)(=O)c3ccc(OCC)cc3)CC2)cc1. The highest BCUT2D eigenvalue weighted by Gasteiger charge is 2.28. The highest BCUT2D eigenvalue weighted by atomic mass is 32.2. The lowest BCUT2D eigenvalue weighted by molar-refractivity contribution is 0.191. The van der Waals surface area contributed by atoms with E-state index < -0.39 is 20.0 Å². The van der Waals surface area contributed by atoms with Crippen LogP contribution in [-0.4, -0.2) is 78.5 Å². The first-order valence-electron chi connectivity index (χ1n) is 10.9. The summed E-state index contributed by atoms with van der Waals surface area (Å²) in [5, 5.41) is 0. The van der Waals surface area contributed by atoms with E-state index in [2.05, 4.69) is 4.72 Å². The molecule has 1 fully saturated rings. The van der Waals surface area contributed by atoms with Gasteiger partial charge in [-0.2, -0.15) is 4.31 Å². The van der Waals surface area contributed by atoms with Gasteiger partial charge in [0, 0.05) is 39.3 Å². The van der Waals surface area contributed by atoms with Gasteiger partial charge in [0.25, 0.3) is 0 Å². The second kappa shape index (κ2) is 11.3. The van der Waals surface area contributed by atoms with Crippen molar-refractivity contribution in [2.75, 3.05) is 52.5 Å². The first-order valence-corrected chi connectivity index (χ1v) is 13.9. The van der Waals surface area contributed by atoms with Gasteiger partial charge in [0.15, 0.2) is 0 Å². The number of piperazine rings is 1. The van der Waals surface area contributed by atoms with Crippen LogP contribution in [-0.2, 0) is 20.0 Å². The molecule has 3 rings (SSSR count). The van der Waals surface area contributed by atoms with Crippen molar-refractivity contribution in [1.29, 1.82) is 0 Å². The topological polar surface area (TPSA) is 105 Å². The number of benzene rings is 2. The lowest BCUT2D eigenvalue weighted by Gasteiger charge is -2.34. The number of hydrogen-bond donors (Lipinski definition) is 1. The molecule has 1 heterocycles. The van der Waals surface area contributed by atoms with Crippen LogP contribution in [0.25, 0.3) is 0 Å². The summed E-state index contributed by atoms with van der Waals surface area (Å²) in [6.45, 7) is 7.25. The van der Waals surface area contributed by atoms with Crippen LogP contribution in [0.5, 0.6) is 11.5 Å². The minimum absolute atomic E-state index is 0.178. The molecular formula is C22H31N3O6S2. The molecule has 1 saturated heterocycles. The Kier molecular flexibility index (Phi) is 8.71. The van der Waals surface area contributed by atoms with E-state index >= 15 is 0 Å². The predicted molar refractivity (Wildman–Crippen MR) is 126 cm³/mol. The summed E-state index contributed by atoms with van der Waals surface area (Å²) < 4.78 is 65.5. The van der Waals surface area contributed by atoms with Crippen LogP contribution < -0.4 is 14.2 Å². The maximum atomic E-state index is 12.9. The average molecular weight is 498 g/mol. The molecule has 2 aromatic carbocycles. The average Bonchev–Trinajstić information content (AvgIpc) is 2.80. The molecule has 2 aromatic rings. The molecule has 1 aliphatic rings. The van der Waals surface area contributed by atoms with Crippen molar-refractivity contribution in [3.05, 3.63) is 48.5 Å². The quantitative estimate of drug-likeness (QED) is 0.504. The Morgan fingerprint density at radius 2 is 1.24 bits per heavy atom. The van der Waals surface area contributed by atoms with Gasteiger partial charge in [-0.05, 0) is 62.4 Å². The van der Waals surface area contributed by atoms with Crippen LogP contribution in [0, 0.1) is 0 Å². The zero-order valence-electron chi connectivity index (χ0n) is 18.9. The maximum Gasteiger partial charge on any atom is 0.243 e. The first-order chi connectivity index (χ1) is 15.8.